The topological polar surface area (TPSA) is 98.5 Å². The smallest absolute Gasteiger partial charge is 0.253 e. The van der Waals surface area contributed by atoms with E-state index in [4.69, 9.17) is 10.5 Å². The number of hydrogen-bond donors (Lipinski definition) is 2. The highest BCUT2D eigenvalue weighted by Gasteiger charge is 2.29. The lowest BCUT2D eigenvalue weighted by Crippen LogP contribution is -2.29. The van der Waals surface area contributed by atoms with Crippen LogP contribution >= 0.6 is 12.4 Å². The summed E-state index contributed by atoms with van der Waals surface area (Å²) < 4.78 is 30.6. The van der Waals surface area contributed by atoms with E-state index in [0.29, 0.717) is 24.2 Å². The van der Waals surface area contributed by atoms with Crippen LogP contribution in [0.5, 0.6) is 0 Å². The Morgan fingerprint density at radius 1 is 1.11 bits per heavy atom. The van der Waals surface area contributed by atoms with E-state index in [2.05, 4.69) is 5.32 Å². The van der Waals surface area contributed by atoms with Gasteiger partial charge in [-0.1, -0.05) is 30.3 Å². The Balaban J connectivity index is 0.00000261. The van der Waals surface area contributed by atoms with Gasteiger partial charge >= 0.3 is 0 Å². The van der Waals surface area contributed by atoms with E-state index < -0.39 is 15.9 Å². The van der Waals surface area contributed by atoms with Crippen LogP contribution in [-0.2, 0) is 25.1 Å². The summed E-state index contributed by atoms with van der Waals surface area (Å²) in [5.41, 5.74) is 6.72. The van der Waals surface area contributed by atoms with Crippen molar-refractivity contribution in [3.63, 3.8) is 0 Å². The van der Waals surface area contributed by atoms with Gasteiger partial charge in [-0.25, -0.2) is 8.42 Å². The summed E-state index contributed by atoms with van der Waals surface area (Å²) in [5, 5.41) is 2.79. The van der Waals surface area contributed by atoms with Gasteiger partial charge in [-0.2, -0.15) is 0 Å². The summed E-state index contributed by atoms with van der Waals surface area (Å²) in [6, 6.07) is 15.2. The van der Waals surface area contributed by atoms with Crippen LogP contribution in [0, 0.1) is 0 Å². The molecule has 0 aliphatic carbocycles. The summed E-state index contributed by atoms with van der Waals surface area (Å²) in [4.78, 5) is 12.6. The fourth-order valence-electron chi connectivity index (χ4n) is 2.96. The van der Waals surface area contributed by atoms with Gasteiger partial charge in [0.25, 0.3) is 5.91 Å². The van der Waals surface area contributed by atoms with Gasteiger partial charge in [0.15, 0.2) is 9.84 Å². The average molecular weight is 411 g/mol. The molecule has 1 aliphatic heterocycles. The first-order valence-electron chi connectivity index (χ1n) is 8.51. The van der Waals surface area contributed by atoms with Gasteiger partial charge in [-0.05, 0) is 42.7 Å². The number of carbonyl (C=O) groups excluding carboxylic acids is 1. The molecular weight excluding hydrogens is 388 g/mol. The second-order valence-electron chi connectivity index (χ2n) is 6.32. The molecule has 8 heteroatoms. The van der Waals surface area contributed by atoms with Crippen molar-refractivity contribution in [2.24, 2.45) is 5.73 Å². The molecule has 2 atom stereocenters. The highest BCUT2D eigenvalue weighted by Crippen LogP contribution is 2.22. The first-order valence-corrected chi connectivity index (χ1v) is 10.2. The number of sulfone groups is 1. The van der Waals surface area contributed by atoms with Crippen molar-refractivity contribution >= 4 is 33.8 Å². The minimum Gasteiger partial charge on any atom is -0.364 e. The van der Waals surface area contributed by atoms with Crippen molar-refractivity contribution in [1.29, 1.82) is 0 Å². The molecule has 0 radical (unpaired) electrons. The predicted molar refractivity (Wildman–Crippen MR) is 107 cm³/mol. The molecule has 3 rings (SSSR count). The van der Waals surface area contributed by atoms with Gasteiger partial charge < -0.3 is 15.8 Å². The minimum atomic E-state index is -3.44. The Labute approximate surface area is 165 Å². The van der Waals surface area contributed by atoms with Gasteiger partial charge in [0.2, 0.25) is 0 Å². The van der Waals surface area contributed by atoms with Gasteiger partial charge in [-0.15, -0.1) is 12.4 Å². The normalized spacial score (nSPS) is 19.3. The van der Waals surface area contributed by atoms with Crippen molar-refractivity contribution in [1.82, 2.24) is 0 Å². The molecule has 6 nitrogen and oxygen atoms in total. The number of benzene rings is 2. The quantitative estimate of drug-likeness (QED) is 0.762. The zero-order valence-electron chi connectivity index (χ0n) is 14.7. The molecule has 2 aromatic rings. The predicted octanol–water partition coefficient (Wildman–Crippen LogP) is 2.53. The van der Waals surface area contributed by atoms with Gasteiger partial charge in [0, 0.05) is 12.2 Å². The maximum Gasteiger partial charge on any atom is 0.253 e. The fourth-order valence-corrected chi connectivity index (χ4v) is 4.32. The maximum absolute atomic E-state index is 12.5. The van der Waals surface area contributed by atoms with E-state index in [1.165, 1.54) is 0 Å². The molecule has 1 amide bonds. The van der Waals surface area contributed by atoms with Crippen LogP contribution < -0.4 is 11.1 Å². The summed E-state index contributed by atoms with van der Waals surface area (Å²) in [7, 11) is -3.44. The van der Waals surface area contributed by atoms with E-state index in [1.807, 2.05) is 0 Å². The SMILES string of the molecule is Cl.NC[C@H]1CC[C@@H](C(=O)Nc2cccc(CS(=O)(=O)c3ccccc3)c2)O1. The third-order valence-corrected chi connectivity index (χ3v) is 6.02. The number of halogens is 1. The molecule has 2 aromatic carbocycles. The van der Waals surface area contributed by atoms with Crippen molar-refractivity contribution < 1.29 is 17.9 Å². The second kappa shape index (κ2) is 9.32. The van der Waals surface area contributed by atoms with Crippen LogP contribution in [-0.4, -0.2) is 33.1 Å². The molecule has 1 heterocycles. The van der Waals surface area contributed by atoms with E-state index in [0.717, 1.165) is 6.42 Å². The summed E-state index contributed by atoms with van der Waals surface area (Å²) in [5.74, 6) is -0.361. The molecule has 0 spiro atoms. The lowest BCUT2D eigenvalue weighted by atomic mass is 10.1. The molecule has 3 N–H and O–H groups in total. The third-order valence-electron chi connectivity index (χ3n) is 4.32. The van der Waals surface area contributed by atoms with Crippen LogP contribution in [0.4, 0.5) is 5.69 Å². The summed E-state index contributed by atoms with van der Waals surface area (Å²) >= 11 is 0. The first kappa shape index (κ1) is 21.4. The van der Waals surface area contributed by atoms with Crippen molar-refractivity contribution in [3.8, 4) is 0 Å². The van der Waals surface area contributed by atoms with Gasteiger partial charge in [0.05, 0.1) is 16.8 Å². The number of hydrogen-bond acceptors (Lipinski definition) is 5. The zero-order valence-corrected chi connectivity index (χ0v) is 16.3. The van der Waals surface area contributed by atoms with Crippen LogP contribution in [0.3, 0.4) is 0 Å². The highest BCUT2D eigenvalue weighted by molar-refractivity contribution is 7.90. The number of carbonyl (C=O) groups is 1. The maximum atomic E-state index is 12.5. The molecule has 27 heavy (non-hydrogen) atoms. The van der Waals surface area contributed by atoms with Crippen molar-refractivity contribution in [2.75, 3.05) is 11.9 Å². The van der Waals surface area contributed by atoms with Crippen LogP contribution in [0.15, 0.2) is 59.5 Å². The second-order valence-corrected chi connectivity index (χ2v) is 8.31. The Kier molecular flexibility index (Phi) is 7.38. The Morgan fingerprint density at radius 2 is 1.85 bits per heavy atom. The molecule has 1 saturated heterocycles. The van der Waals surface area contributed by atoms with Crippen LogP contribution in [0.25, 0.3) is 0 Å². The standard InChI is InChI=1S/C19H22N2O4S.ClH/c20-12-16-9-10-18(25-16)19(22)21-15-6-4-5-14(11-15)13-26(23,24)17-7-2-1-3-8-17;/h1-8,11,16,18H,9-10,12-13,20H2,(H,21,22);1H/t16-,18+;/m1./s1. The largest absolute Gasteiger partial charge is 0.364 e. The van der Waals surface area contributed by atoms with E-state index in [1.54, 1.807) is 54.6 Å². The molecule has 1 aliphatic rings. The summed E-state index contributed by atoms with van der Waals surface area (Å²) in [6.45, 7) is 0.399. The van der Waals surface area contributed by atoms with Crippen molar-refractivity contribution in [3.05, 3.63) is 60.2 Å². The van der Waals surface area contributed by atoms with E-state index >= 15 is 0 Å². The molecular formula is C19H23ClN2O4S. The molecule has 146 valence electrons. The average Bonchev–Trinajstić information content (AvgIpc) is 3.12. The molecule has 0 bridgehead atoms. The van der Waals surface area contributed by atoms with Gasteiger partial charge in [-0.3, -0.25) is 4.79 Å². The first-order chi connectivity index (χ1) is 12.5. The Bertz CT molecular complexity index is 874. The monoisotopic (exact) mass is 410 g/mol. The number of nitrogens with two attached hydrogens (primary N) is 1. The van der Waals surface area contributed by atoms with E-state index in [9.17, 15) is 13.2 Å². The molecule has 0 aromatic heterocycles. The fraction of sp³-hybridized carbons (Fsp3) is 0.316. The van der Waals surface area contributed by atoms with E-state index in [-0.39, 0.29) is 35.1 Å². The third kappa shape index (κ3) is 5.52. The highest BCUT2D eigenvalue weighted by atomic mass is 35.5. The molecule has 0 saturated carbocycles. The Hall–Kier alpha value is -1.93. The molecule has 1 fully saturated rings. The van der Waals surface area contributed by atoms with Crippen molar-refractivity contribution in [2.45, 2.75) is 35.7 Å². The number of amides is 1. The zero-order chi connectivity index (χ0) is 18.6. The van der Waals surface area contributed by atoms with Crippen LogP contribution in [0.1, 0.15) is 18.4 Å². The number of rotatable bonds is 6. The number of anilines is 1. The lowest BCUT2D eigenvalue weighted by molar-refractivity contribution is -0.126. The number of nitrogens with one attached hydrogen (secondary N) is 1. The molecule has 0 unspecified atom stereocenters. The minimum absolute atomic E-state index is 0. The Morgan fingerprint density at radius 3 is 2.52 bits per heavy atom. The van der Waals surface area contributed by atoms with Crippen LogP contribution in [0.2, 0.25) is 0 Å². The van der Waals surface area contributed by atoms with Gasteiger partial charge in [0.1, 0.15) is 6.10 Å². The summed E-state index contributed by atoms with van der Waals surface area (Å²) in [6.07, 6.45) is 0.813. The number of ether oxygens (including phenoxy) is 1. The lowest BCUT2D eigenvalue weighted by Gasteiger charge is -2.13.